The standard InChI is InChI=1S/C9H12N2O3/c1-6-4-9(14-3)10-5-8(6)11(13)7(2)12/h4-5,13H,1-3H3. The molecule has 5 nitrogen and oxygen atoms in total. The van der Waals surface area contributed by atoms with Gasteiger partial charge >= 0.3 is 0 Å². The highest BCUT2D eigenvalue weighted by Crippen LogP contribution is 2.20. The number of carbonyl (C=O) groups is 1. The predicted octanol–water partition coefficient (Wildman–Crippen LogP) is 1.14. The molecule has 0 aliphatic heterocycles. The van der Waals surface area contributed by atoms with Crippen LogP contribution < -0.4 is 9.80 Å². The highest BCUT2D eigenvalue weighted by molar-refractivity contribution is 5.89. The predicted molar refractivity (Wildman–Crippen MR) is 50.5 cm³/mol. The van der Waals surface area contributed by atoms with Crippen molar-refractivity contribution in [2.45, 2.75) is 13.8 Å². The number of nitrogens with zero attached hydrogens (tertiary/aromatic N) is 2. The Labute approximate surface area is 81.9 Å². The molecule has 1 heterocycles. The number of pyridine rings is 1. The fourth-order valence-electron chi connectivity index (χ4n) is 1.03. The summed E-state index contributed by atoms with van der Waals surface area (Å²) in [4.78, 5) is 14.8. The van der Waals surface area contributed by atoms with E-state index in [-0.39, 0.29) is 0 Å². The van der Waals surface area contributed by atoms with Gasteiger partial charge in [-0.3, -0.25) is 10.0 Å². The van der Waals surface area contributed by atoms with Crippen molar-refractivity contribution in [1.29, 1.82) is 0 Å². The molecule has 1 N–H and O–H groups in total. The lowest BCUT2D eigenvalue weighted by Gasteiger charge is -2.14. The minimum Gasteiger partial charge on any atom is -0.481 e. The van der Waals surface area contributed by atoms with Crippen LogP contribution in [0.1, 0.15) is 12.5 Å². The lowest BCUT2D eigenvalue weighted by molar-refractivity contribution is -0.121. The third kappa shape index (κ3) is 2.00. The van der Waals surface area contributed by atoms with E-state index in [0.29, 0.717) is 16.6 Å². The molecule has 0 aliphatic carbocycles. The lowest BCUT2D eigenvalue weighted by Crippen LogP contribution is -2.24. The number of hydrogen-bond acceptors (Lipinski definition) is 4. The second kappa shape index (κ2) is 4.06. The number of amides is 1. The summed E-state index contributed by atoms with van der Waals surface area (Å²) in [5, 5.41) is 9.90. The van der Waals surface area contributed by atoms with E-state index in [1.807, 2.05) is 0 Å². The molecule has 1 amide bonds. The third-order valence-corrected chi connectivity index (χ3v) is 1.79. The number of carbonyl (C=O) groups excluding carboxylic acids is 1. The van der Waals surface area contributed by atoms with Gasteiger partial charge in [0.1, 0.15) is 0 Å². The third-order valence-electron chi connectivity index (χ3n) is 1.79. The van der Waals surface area contributed by atoms with Crippen LogP contribution in [0.2, 0.25) is 0 Å². The first kappa shape index (κ1) is 10.5. The normalized spacial score (nSPS) is 9.71. The number of hydrogen-bond donors (Lipinski definition) is 1. The molecular formula is C9H12N2O3. The summed E-state index contributed by atoms with van der Waals surface area (Å²) >= 11 is 0. The van der Waals surface area contributed by atoms with E-state index in [4.69, 9.17) is 4.74 Å². The zero-order valence-corrected chi connectivity index (χ0v) is 8.31. The van der Waals surface area contributed by atoms with E-state index >= 15 is 0 Å². The first-order valence-corrected chi connectivity index (χ1v) is 4.06. The quantitative estimate of drug-likeness (QED) is 0.569. The summed E-state index contributed by atoms with van der Waals surface area (Å²) < 4.78 is 4.89. The van der Waals surface area contributed by atoms with E-state index in [9.17, 15) is 10.0 Å². The molecule has 0 aliphatic rings. The van der Waals surface area contributed by atoms with Gasteiger partial charge in [-0.2, -0.15) is 5.06 Å². The maximum Gasteiger partial charge on any atom is 0.247 e. The van der Waals surface area contributed by atoms with Crippen LogP contribution in [0.15, 0.2) is 12.3 Å². The minimum absolute atomic E-state index is 0.360. The number of aromatic nitrogens is 1. The molecule has 1 rings (SSSR count). The molecule has 0 atom stereocenters. The summed E-state index contributed by atoms with van der Waals surface area (Å²) in [7, 11) is 1.50. The molecule has 1 aromatic rings. The highest BCUT2D eigenvalue weighted by Gasteiger charge is 2.11. The second-order valence-electron chi connectivity index (χ2n) is 2.84. The number of rotatable bonds is 2. The van der Waals surface area contributed by atoms with Gasteiger partial charge < -0.3 is 4.74 Å². The van der Waals surface area contributed by atoms with Gasteiger partial charge in [0.05, 0.1) is 19.0 Å². The Morgan fingerprint density at radius 1 is 1.64 bits per heavy atom. The average Bonchev–Trinajstić information content (AvgIpc) is 2.16. The molecule has 0 spiro atoms. The summed E-state index contributed by atoms with van der Waals surface area (Å²) in [6.07, 6.45) is 1.38. The largest absolute Gasteiger partial charge is 0.481 e. The van der Waals surface area contributed by atoms with Gasteiger partial charge in [0.15, 0.2) is 0 Å². The number of methoxy groups -OCH3 is 1. The van der Waals surface area contributed by atoms with Gasteiger partial charge in [-0.15, -0.1) is 0 Å². The number of aryl methyl sites for hydroxylation is 1. The smallest absolute Gasteiger partial charge is 0.247 e. The molecule has 0 saturated carbocycles. The Morgan fingerprint density at radius 2 is 2.29 bits per heavy atom. The van der Waals surface area contributed by atoms with Crippen molar-refractivity contribution in [3.05, 3.63) is 17.8 Å². The van der Waals surface area contributed by atoms with Crippen molar-refractivity contribution >= 4 is 11.6 Å². The van der Waals surface area contributed by atoms with Gasteiger partial charge in [0.2, 0.25) is 11.8 Å². The molecule has 0 radical (unpaired) electrons. The van der Waals surface area contributed by atoms with Crippen LogP contribution in [0, 0.1) is 6.92 Å². The van der Waals surface area contributed by atoms with Crippen molar-refractivity contribution < 1.29 is 14.7 Å². The molecule has 5 heteroatoms. The van der Waals surface area contributed by atoms with E-state index in [2.05, 4.69) is 4.98 Å². The van der Waals surface area contributed by atoms with Gasteiger partial charge in [0.25, 0.3) is 0 Å². The second-order valence-corrected chi connectivity index (χ2v) is 2.84. The Kier molecular flexibility index (Phi) is 3.03. The van der Waals surface area contributed by atoms with Crippen LogP contribution in [0.25, 0.3) is 0 Å². The van der Waals surface area contributed by atoms with Gasteiger partial charge in [0, 0.05) is 13.0 Å². The van der Waals surface area contributed by atoms with E-state index < -0.39 is 5.91 Å². The van der Waals surface area contributed by atoms with Crippen LogP contribution in [0.5, 0.6) is 5.88 Å². The summed E-state index contributed by atoms with van der Waals surface area (Å²) in [6.45, 7) is 3.02. The van der Waals surface area contributed by atoms with Gasteiger partial charge in [-0.25, -0.2) is 4.98 Å². The summed E-state index contributed by atoms with van der Waals surface area (Å²) in [5.74, 6) is -0.0109. The molecule has 1 aromatic heterocycles. The van der Waals surface area contributed by atoms with E-state index in [1.165, 1.54) is 20.2 Å². The summed E-state index contributed by atoms with van der Waals surface area (Å²) in [5.41, 5.74) is 1.08. The monoisotopic (exact) mass is 196 g/mol. The highest BCUT2D eigenvalue weighted by atomic mass is 16.5. The van der Waals surface area contributed by atoms with E-state index in [0.717, 1.165) is 5.56 Å². The van der Waals surface area contributed by atoms with Crippen LogP contribution in [-0.4, -0.2) is 23.2 Å². The fraction of sp³-hybridized carbons (Fsp3) is 0.333. The van der Waals surface area contributed by atoms with E-state index in [1.54, 1.807) is 13.0 Å². The molecule has 14 heavy (non-hydrogen) atoms. The maximum atomic E-state index is 10.9. The first-order valence-electron chi connectivity index (χ1n) is 4.06. The molecular weight excluding hydrogens is 184 g/mol. The first-order chi connectivity index (χ1) is 6.56. The van der Waals surface area contributed by atoms with Crippen molar-refractivity contribution in [1.82, 2.24) is 4.98 Å². The fourth-order valence-corrected chi connectivity index (χ4v) is 1.03. The van der Waals surface area contributed by atoms with Gasteiger partial charge in [-0.1, -0.05) is 0 Å². The molecule has 0 bridgehead atoms. The van der Waals surface area contributed by atoms with Crippen LogP contribution in [0.4, 0.5) is 5.69 Å². The van der Waals surface area contributed by atoms with Gasteiger partial charge in [-0.05, 0) is 12.5 Å². The summed E-state index contributed by atoms with van der Waals surface area (Å²) in [6, 6.07) is 1.64. The Morgan fingerprint density at radius 3 is 2.71 bits per heavy atom. The molecule has 0 saturated heterocycles. The topological polar surface area (TPSA) is 62.7 Å². The zero-order chi connectivity index (χ0) is 10.7. The molecule has 0 aromatic carbocycles. The van der Waals surface area contributed by atoms with Crippen molar-refractivity contribution in [3.63, 3.8) is 0 Å². The van der Waals surface area contributed by atoms with Crippen molar-refractivity contribution in [2.75, 3.05) is 12.2 Å². The Balaban J connectivity index is 3.05. The van der Waals surface area contributed by atoms with Crippen molar-refractivity contribution in [3.8, 4) is 5.88 Å². The van der Waals surface area contributed by atoms with Crippen LogP contribution in [-0.2, 0) is 4.79 Å². The molecule has 0 fully saturated rings. The van der Waals surface area contributed by atoms with Crippen LogP contribution >= 0.6 is 0 Å². The number of hydroxylamine groups is 1. The molecule has 0 unspecified atom stereocenters. The molecule has 76 valence electrons. The Bertz CT molecular complexity index is 352. The minimum atomic E-state index is -0.458. The van der Waals surface area contributed by atoms with Crippen LogP contribution in [0.3, 0.4) is 0 Å². The average molecular weight is 196 g/mol. The SMILES string of the molecule is COc1cc(C)c(N(O)C(C)=O)cn1. The Hall–Kier alpha value is -1.62. The van der Waals surface area contributed by atoms with Crippen molar-refractivity contribution in [2.24, 2.45) is 0 Å². The lowest BCUT2D eigenvalue weighted by atomic mass is 10.2. The number of anilines is 1. The maximum absolute atomic E-state index is 10.9. The zero-order valence-electron chi connectivity index (χ0n) is 8.31. The number of ether oxygens (including phenoxy) is 1.